The lowest BCUT2D eigenvalue weighted by Crippen LogP contribution is -2.14. The van der Waals surface area contributed by atoms with Crippen molar-refractivity contribution in [1.82, 2.24) is 9.78 Å². The summed E-state index contributed by atoms with van der Waals surface area (Å²) < 4.78 is 6.41. The first-order chi connectivity index (χ1) is 14.5. The molecular formula is C23H24N4O3. The van der Waals surface area contributed by atoms with E-state index in [1.807, 2.05) is 43.3 Å². The van der Waals surface area contributed by atoms with Crippen LogP contribution < -0.4 is 10.2 Å². The quantitative estimate of drug-likeness (QED) is 0.482. The van der Waals surface area contributed by atoms with Gasteiger partial charge in [0.15, 0.2) is 0 Å². The Balaban J connectivity index is 1.61. The molecule has 0 fully saturated rings. The van der Waals surface area contributed by atoms with Crippen molar-refractivity contribution >= 4 is 29.5 Å². The molecule has 7 nitrogen and oxygen atoms in total. The van der Waals surface area contributed by atoms with E-state index in [4.69, 9.17) is 0 Å². The largest absolute Gasteiger partial charge is 0.465 e. The molecule has 2 aromatic carbocycles. The lowest BCUT2D eigenvalue weighted by atomic mass is 10.1. The second-order valence-corrected chi connectivity index (χ2v) is 6.87. The van der Waals surface area contributed by atoms with E-state index in [1.165, 1.54) is 13.2 Å². The van der Waals surface area contributed by atoms with E-state index in [9.17, 15) is 9.59 Å². The molecule has 1 heterocycles. The highest BCUT2D eigenvalue weighted by Gasteiger charge is 2.07. The highest BCUT2D eigenvalue weighted by molar-refractivity contribution is 6.01. The van der Waals surface area contributed by atoms with Crippen LogP contribution in [-0.2, 0) is 16.1 Å². The van der Waals surface area contributed by atoms with Crippen molar-refractivity contribution in [3.63, 3.8) is 0 Å². The number of carbonyl (C=O) groups excluding carboxylic acids is 2. The Kier molecular flexibility index (Phi) is 6.64. The van der Waals surface area contributed by atoms with Crippen molar-refractivity contribution in [2.45, 2.75) is 6.54 Å². The molecule has 0 aliphatic carbocycles. The summed E-state index contributed by atoms with van der Waals surface area (Å²) in [6.07, 6.45) is 4.77. The van der Waals surface area contributed by atoms with Crippen LogP contribution in [0.4, 0.5) is 11.5 Å². The molecular weight excluding hydrogens is 380 g/mol. The normalized spacial score (nSPS) is 10.8. The maximum atomic E-state index is 12.3. The molecule has 30 heavy (non-hydrogen) atoms. The molecule has 0 bridgehead atoms. The van der Waals surface area contributed by atoms with Crippen molar-refractivity contribution in [3.8, 4) is 0 Å². The molecule has 3 aromatic rings. The van der Waals surface area contributed by atoms with E-state index in [1.54, 1.807) is 47.3 Å². The van der Waals surface area contributed by atoms with Crippen molar-refractivity contribution in [2.75, 3.05) is 31.4 Å². The lowest BCUT2D eigenvalue weighted by molar-refractivity contribution is -0.111. The van der Waals surface area contributed by atoms with Crippen molar-refractivity contribution in [1.29, 1.82) is 0 Å². The van der Waals surface area contributed by atoms with Gasteiger partial charge in [-0.1, -0.05) is 24.3 Å². The minimum atomic E-state index is -0.395. The van der Waals surface area contributed by atoms with Crippen LogP contribution in [0.25, 0.3) is 6.08 Å². The highest BCUT2D eigenvalue weighted by atomic mass is 16.5. The number of methoxy groups -OCH3 is 1. The van der Waals surface area contributed by atoms with Crippen LogP contribution in [0.3, 0.4) is 0 Å². The average molecular weight is 404 g/mol. The number of amides is 1. The van der Waals surface area contributed by atoms with Gasteiger partial charge in [-0.3, -0.25) is 4.79 Å². The predicted molar refractivity (Wildman–Crippen MR) is 118 cm³/mol. The number of nitrogens with one attached hydrogen (secondary N) is 1. The molecule has 1 aromatic heterocycles. The third-order valence-corrected chi connectivity index (χ3v) is 4.51. The topological polar surface area (TPSA) is 76.5 Å². The van der Waals surface area contributed by atoms with Crippen LogP contribution >= 0.6 is 0 Å². The van der Waals surface area contributed by atoms with Crippen LogP contribution in [0.2, 0.25) is 0 Å². The lowest BCUT2D eigenvalue weighted by Gasteiger charge is -2.13. The Bertz CT molecular complexity index is 1040. The fourth-order valence-electron chi connectivity index (χ4n) is 2.83. The van der Waals surface area contributed by atoms with Gasteiger partial charge in [0.2, 0.25) is 5.91 Å². The molecule has 0 spiro atoms. The van der Waals surface area contributed by atoms with Crippen LogP contribution in [0, 0.1) is 0 Å². The molecule has 0 unspecified atom stereocenters. The first kappa shape index (κ1) is 20.9. The van der Waals surface area contributed by atoms with E-state index in [0.29, 0.717) is 17.9 Å². The number of carbonyl (C=O) groups is 2. The van der Waals surface area contributed by atoms with Gasteiger partial charge in [-0.15, -0.1) is 0 Å². The Morgan fingerprint density at radius 3 is 2.40 bits per heavy atom. The summed E-state index contributed by atoms with van der Waals surface area (Å²) in [6, 6.07) is 16.7. The van der Waals surface area contributed by atoms with E-state index >= 15 is 0 Å². The Labute approximate surface area is 175 Å². The molecule has 0 aliphatic rings. The third kappa shape index (κ3) is 5.35. The number of hydrogen-bond donors (Lipinski definition) is 1. The second kappa shape index (κ2) is 9.56. The van der Waals surface area contributed by atoms with Crippen LogP contribution in [0.15, 0.2) is 66.9 Å². The maximum Gasteiger partial charge on any atom is 0.337 e. The number of benzene rings is 2. The van der Waals surface area contributed by atoms with Gasteiger partial charge in [0, 0.05) is 31.9 Å². The fourth-order valence-corrected chi connectivity index (χ4v) is 2.83. The van der Waals surface area contributed by atoms with Gasteiger partial charge >= 0.3 is 5.97 Å². The van der Waals surface area contributed by atoms with Crippen LogP contribution in [0.1, 0.15) is 21.5 Å². The summed E-state index contributed by atoms with van der Waals surface area (Å²) in [5.41, 5.74) is 3.47. The van der Waals surface area contributed by atoms with Crippen molar-refractivity contribution in [2.24, 2.45) is 0 Å². The minimum absolute atomic E-state index is 0.267. The van der Waals surface area contributed by atoms with Gasteiger partial charge in [-0.05, 0) is 41.5 Å². The molecule has 3 rings (SSSR count). The maximum absolute atomic E-state index is 12.3. The zero-order valence-electron chi connectivity index (χ0n) is 17.2. The first-order valence-electron chi connectivity index (χ1n) is 9.42. The van der Waals surface area contributed by atoms with Gasteiger partial charge in [-0.25, -0.2) is 9.48 Å². The summed E-state index contributed by atoms with van der Waals surface area (Å²) >= 11 is 0. The average Bonchev–Trinajstić information content (AvgIpc) is 3.18. The minimum Gasteiger partial charge on any atom is -0.465 e. The SMILES string of the molecule is COC(=O)c1ccc(/C=C/C(=O)Nc2ccnn2Cc2ccc(N(C)C)cc2)cc1. The predicted octanol–water partition coefficient (Wildman–Crippen LogP) is 3.44. The molecule has 0 aliphatic heterocycles. The monoisotopic (exact) mass is 404 g/mol. The first-order valence-corrected chi connectivity index (χ1v) is 9.42. The number of esters is 1. The molecule has 0 radical (unpaired) electrons. The smallest absolute Gasteiger partial charge is 0.337 e. The number of ether oxygens (including phenoxy) is 1. The Morgan fingerprint density at radius 1 is 1.07 bits per heavy atom. The van der Waals surface area contributed by atoms with Crippen molar-refractivity contribution in [3.05, 3.63) is 83.6 Å². The van der Waals surface area contributed by atoms with Gasteiger partial charge < -0.3 is 15.0 Å². The molecule has 154 valence electrons. The highest BCUT2D eigenvalue weighted by Crippen LogP contribution is 2.15. The molecule has 0 saturated carbocycles. The zero-order valence-corrected chi connectivity index (χ0v) is 17.2. The molecule has 0 atom stereocenters. The zero-order chi connectivity index (χ0) is 21.5. The van der Waals surface area contributed by atoms with E-state index in [-0.39, 0.29) is 5.91 Å². The van der Waals surface area contributed by atoms with Crippen LogP contribution in [0.5, 0.6) is 0 Å². The number of aromatic nitrogens is 2. The summed E-state index contributed by atoms with van der Waals surface area (Å²) in [5, 5.41) is 7.14. The van der Waals surface area contributed by atoms with Gasteiger partial charge in [0.05, 0.1) is 25.4 Å². The number of hydrogen-bond acceptors (Lipinski definition) is 5. The molecule has 1 amide bonds. The number of anilines is 2. The van der Waals surface area contributed by atoms with Gasteiger partial charge in [-0.2, -0.15) is 5.10 Å². The summed E-state index contributed by atoms with van der Waals surface area (Å²) in [6.45, 7) is 0.551. The van der Waals surface area contributed by atoms with E-state index < -0.39 is 5.97 Å². The number of nitrogens with zero attached hydrogens (tertiary/aromatic N) is 3. The molecule has 0 saturated heterocycles. The molecule has 7 heteroatoms. The second-order valence-electron chi connectivity index (χ2n) is 6.87. The Hall–Kier alpha value is -3.87. The van der Waals surface area contributed by atoms with Crippen molar-refractivity contribution < 1.29 is 14.3 Å². The van der Waals surface area contributed by atoms with E-state index in [2.05, 4.69) is 15.2 Å². The van der Waals surface area contributed by atoms with Crippen LogP contribution in [-0.4, -0.2) is 42.9 Å². The summed E-state index contributed by atoms with van der Waals surface area (Å²) in [4.78, 5) is 25.8. The standard InChI is InChI=1S/C23H24N4O3/c1-26(2)20-11-6-18(7-12-20)16-27-21(14-15-24-27)25-22(28)13-8-17-4-9-19(10-5-17)23(29)30-3/h4-15H,16H2,1-3H3,(H,25,28)/b13-8+. The summed E-state index contributed by atoms with van der Waals surface area (Å²) in [7, 11) is 5.33. The van der Waals surface area contributed by atoms with E-state index in [0.717, 1.165) is 16.8 Å². The third-order valence-electron chi connectivity index (χ3n) is 4.51. The van der Waals surface area contributed by atoms with Gasteiger partial charge in [0.1, 0.15) is 5.82 Å². The fraction of sp³-hybridized carbons (Fsp3) is 0.174. The number of rotatable bonds is 7. The Morgan fingerprint density at radius 2 is 1.77 bits per heavy atom. The van der Waals surface area contributed by atoms with Gasteiger partial charge in [0.25, 0.3) is 0 Å². The summed E-state index contributed by atoms with van der Waals surface area (Å²) in [5.74, 6) is -0.0491. The molecule has 1 N–H and O–H groups in total.